The van der Waals surface area contributed by atoms with E-state index in [1.54, 1.807) is 20.4 Å². The lowest BCUT2D eigenvalue weighted by Crippen LogP contribution is -2.30. The van der Waals surface area contributed by atoms with Crippen molar-refractivity contribution in [3.8, 4) is 11.5 Å². The van der Waals surface area contributed by atoms with Gasteiger partial charge in [-0.05, 0) is 84.1 Å². The van der Waals surface area contributed by atoms with Crippen LogP contribution in [0.5, 0.6) is 11.5 Å². The highest BCUT2D eigenvalue weighted by molar-refractivity contribution is 8.29. The summed E-state index contributed by atoms with van der Waals surface area (Å²) in [6.07, 6.45) is 5.51. The van der Waals surface area contributed by atoms with E-state index < -0.39 is 0 Å². The number of allylic oxidation sites excluding steroid dienone is 1. The van der Waals surface area contributed by atoms with Crippen LogP contribution in [-0.2, 0) is 0 Å². The summed E-state index contributed by atoms with van der Waals surface area (Å²) in [4.78, 5) is 11.9. The zero-order valence-corrected chi connectivity index (χ0v) is 22.9. The first-order valence-corrected chi connectivity index (χ1v) is 13.4. The largest absolute Gasteiger partial charge is 0.497 e. The van der Waals surface area contributed by atoms with E-state index in [4.69, 9.17) is 19.5 Å². The molecule has 1 heterocycles. The predicted octanol–water partition coefficient (Wildman–Crippen LogP) is 7.77. The zero-order chi connectivity index (χ0) is 27.6. The van der Waals surface area contributed by atoms with Gasteiger partial charge in [0.2, 0.25) is 5.17 Å². The van der Waals surface area contributed by atoms with Gasteiger partial charge in [-0.1, -0.05) is 54.6 Å². The van der Waals surface area contributed by atoms with Crippen molar-refractivity contribution in [1.82, 2.24) is 0 Å². The minimum absolute atomic E-state index is 0.634. The van der Waals surface area contributed by atoms with E-state index in [0.717, 1.165) is 34.1 Å². The van der Waals surface area contributed by atoms with Crippen molar-refractivity contribution < 1.29 is 9.47 Å². The first-order chi connectivity index (χ1) is 19.7. The number of hydrogen-bond donors (Lipinski definition) is 0. The maximum atomic E-state index is 5.32. The minimum Gasteiger partial charge on any atom is -0.497 e. The maximum absolute atomic E-state index is 5.32. The van der Waals surface area contributed by atoms with Gasteiger partial charge in [-0.2, -0.15) is 5.10 Å². The van der Waals surface area contributed by atoms with Crippen molar-refractivity contribution in [2.45, 2.75) is 0 Å². The van der Waals surface area contributed by atoms with Gasteiger partial charge in [-0.25, -0.2) is 9.98 Å². The third-order valence-electron chi connectivity index (χ3n) is 5.79. The molecule has 4 aromatic rings. The van der Waals surface area contributed by atoms with E-state index in [0.29, 0.717) is 16.0 Å². The SMILES string of the molecule is COc1ccc(N=C2S/C(=N/N=C\C=C\c3ccccc3)N(c3ccccc3)C2=Nc2ccc(OC)cc2)cc1. The van der Waals surface area contributed by atoms with Crippen LogP contribution < -0.4 is 14.4 Å². The number of hydrogen-bond acceptors (Lipinski definition) is 7. The average Bonchev–Trinajstić information content (AvgIpc) is 3.34. The summed E-state index contributed by atoms with van der Waals surface area (Å²) < 4.78 is 10.6. The molecular weight excluding hydrogens is 518 g/mol. The Morgan fingerprint density at radius 2 is 1.25 bits per heavy atom. The molecular formula is C32H27N5O2S. The van der Waals surface area contributed by atoms with Gasteiger partial charge in [0, 0.05) is 11.9 Å². The quantitative estimate of drug-likeness (QED) is 0.167. The molecule has 0 unspecified atom stereocenters. The Balaban J connectivity index is 1.56. The molecule has 0 spiro atoms. The molecule has 4 aromatic carbocycles. The number of ether oxygens (including phenoxy) is 2. The molecule has 1 saturated heterocycles. The highest BCUT2D eigenvalue weighted by Crippen LogP contribution is 2.33. The van der Waals surface area contributed by atoms with E-state index in [2.05, 4.69) is 10.2 Å². The second kappa shape index (κ2) is 13.2. The summed E-state index contributed by atoms with van der Waals surface area (Å²) in [6.45, 7) is 0. The van der Waals surface area contributed by atoms with Gasteiger partial charge in [0.1, 0.15) is 16.5 Å². The van der Waals surface area contributed by atoms with Gasteiger partial charge in [0.15, 0.2) is 5.84 Å². The second-order valence-electron chi connectivity index (χ2n) is 8.44. The molecule has 0 atom stereocenters. The van der Waals surface area contributed by atoms with Crippen LogP contribution >= 0.6 is 11.8 Å². The molecule has 7 nitrogen and oxygen atoms in total. The standard InChI is InChI=1S/C32H27N5O2S/c1-38-28-19-15-25(16-20-28)34-30-31(35-26-17-21-29(39-2)22-18-26)40-32(37(30)27-13-7-4-8-14-27)36-33-23-9-12-24-10-5-3-6-11-24/h3-23H,1-2H3/b12-9+,33-23-,34-30?,35-31?,36-32+. The third-order valence-corrected chi connectivity index (χ3v) is 6.71. The summed E-state index contributed by atoms with van der Waals surface area (Å²) in [5.74, 6) is 2.17. The number of amidine groups is 2. The summed E-state index contributed by atoms with van der Waals surface area (Å²) in [6, 6.07) is 35.2. The maximum Gasteiger partial charge on any atom is 0.202 e. The third kappa shape index (κ3) is 6.73. The Kier molecular flexibility index (Phi) is 8.80. The van der Waals surface area contributed by atoms with E-state index in [-0.39, 0.29) is 0 Å². The second-order valence-corrected chi connectivity index (χ2v) is 9.39. The average molecular weight is 546 g/mol. The number of benzene rings is 4. The number of thioether (sulfide) groups is 1. The lowest BCUT2D eigenvalue weighted by molar-refractivity contribution is 0.415. The smallest absolute Gasteiger partial charge is 0.202 e. The zero-order valence-electron chi connectivity index (χ0n) is 22.1. The predicted molar refractivity (Wildman–Crippen MR) is 168 cm³/mol. The van der Waals surface area contributed by atoms with Gasteiger partial charge in [-0.3, -0.25) is 4.90 Å². The molecule has 0 saturated carbocycles. The number of anilines is 1. The van der Waals surface area contributed by atoms with E-state index in [1.165, 1.54) is 11.8 Å². The number of aliphatic imine (C=N–C) groups is 2. The normalized spacial score (nSPS) is 16.6. The van der Waals surface area contributed by atoms with Crippen molar-refractivity contribution in [3.05, 3.63) is 121 Å². The molecule has 0 bridgehead atoms. The van der Waals surface area contributed by atoms with Gasteiger partial charge in [0.05, 0.1) is 25.6 Å². The fourth-order valence-corrected chi connectivity index (χ4v) is 4.73. The number of nitrogens with zero attached hydrogens (tertiary/aromatic N) is 5. The van der Waals surface area contributed by atoms with E-state index in [9.17, 15) is 0 Å². The Hall–Kier alpha value is -4.95. The van der Waals surface area contributed by atoms with Crippen molar-refractivity contribution in [2.24, 2.45) is 20.2 Å². The van der Waals surface area contributed by atoms with Gasteiger partial charge in [-0.15, -0.1) is 5.10 Å². The summed E-state index contributed by atoms with van der Waals surface area (Å²) in [5, 5.41) is 10.2. The minimum atomic E-state index is 0.634. The van der Waals surface area contributed by atoms with Crippen molar-refractivity contribution in [3.63, 3.8) is 0 Å². The molecule has 0 aliphatic carbocycles. The van der Waals surface area contributed by atoms with Gasteiger partial charge < -0.3 is 9.47 Å². The highest BCUT2D eigenvalue weighted by Gasteiger charge is 2.34. The van der Waals surface area contributed by atoms with E-state index >= 15 is 0 Å². The summed E-state index contributed by atoms with van der Waals surface area (Å²) >= 11 is 1.41. The lowest BCUT2D eigenvalue weighted by atomic mass is 10.2. The summed E-state index contributed by atoms with van der Waals surface area (Å²) in [5.41, 5.74) is 3.52. The molecule has 198 valence electrons. The van der Waals surface area contributed by atoms with Gasteiger partial charge >= 0.3 is 0 Å². The molecule has 0 N–H and O–H groups in total. The number of para-hydroxylation sites is 1. The lowest BCUT2D eigenvalue weighted by Gasteiger charge is -2.17. The van der Waals surface area contributed by atoms with Crippen LogP contribution in [0.4, 0.5) is 17.1 Å². The Labute approximate surface area is 237 Å². The van der Waals surface area contributed by atoms with Crippen LogP contribution in [0.15, 0.2) is 135 Å². The molecule has 1 fully saturated rings. The fraction of sp³-hybridized carbons (Fsp3) is 0.0625. The van der Waals surface area contributed by atoms with Crippen molar-refractivity contribution in [1.29, 1.82) is 0 Å². The molecule has 0 aromatic heterocycles. The Morgan fingerprint density at radius 3 is 1.85 bits per heavy atom. The molecule has 1 aliphatic rings. The van der Waals surface area contributed by atoms with Crippen LogP contribution in [0, 0.1) is 0 Å². The van der Waals surface area contributed by atoms with Crippen molar-refractivity contribution >= 4 is 57.2 Å². The Bertz CT molecular complexity index is 1560. The highest BCUT2D eigenvalue weighted by atomic mass is 32.2. The summed E-state index contributed by atoms with van der Waals surface area (Å²) in [7, 11) is 3.28. The molecule has 5 rings (SSSR count). The number of methoxy groups -OCH3 is 2. The first-order valence-electron chi connectivity index (χ1n) is 12.5. The molecule has 8 heteroatoms. The van der Waals surface area contributed by atoms with Crippen LogP contribution in [0.3, 0.4) is 0 Å². The molecule has 40 heavy (non-hydrogen) atoms. The topological polar surface area (TPSA) is 71.1 Å². The van der Waals surface area contributed by atoms with Crippen LogP contribution in [0.1, 0.15) is 5.56 Å². The van der Waals surface area contributed by atoms with E-state index in [1.807, 2.05) is 126 Å². The molecule has 1 aliphatic heterocycles. The first kappa shape index (κ1) is 26.6. The molecule has 0 amide bonds. The number of rotatable bonds is 8. The van der Waals surface area contributed by atoms with Crippen LogP contribution in [0.25, 0.3) is 6.08 Å². The Morgan fingerprint density at radius 1 is 0.675 bits per heavy atom. The van der Waals surface area contributed by atoms with Crippen molar-refractivity contribution in [2.75, 3.05) is 19.1 Å². The fourth-order valence-electron chi connectivity index (χ4n) is 3.80. The monoisotopic (exact) mass is 545 g/mol. The molecule has 0 radical (unpaired) electrons. The van der Waals surface area contributed by atoms with Gasteiger partial charge in [0.25, 0.3) is 0 Å². The van der Waals surface area contributed by atoms with Crippen LogP contribution in [-0.4, -0.2) is 36.5 Å². The van der Waals surface area contributed by atoms with Crippen LogP contribution in [0.2, 0.25) is 0 Å².